The minimum Gasteiger partial charge on any atom is -0.504 e. The molecule has 0 bridgehead atoms. The van der Waals surface area contributed by atoms with Gasteiger partial charge in [-0.2, -0.15) is 0 Å². The monoisotopic (exact) mass is 888 g/mol. The second-order valence-corrected chi connectivity index (χ2v) is 15.5. The number of esters is 1. The normalized spacial score (nSPS) is 38.7. The van der Waals surface area contributed by atoms with Crippen molar-refractivity contribution in [3.8, 4) is 23.0 Å². The summed E-state index contributed by atoms with van der Waals surface area (Å²) in [7, 11) is 0. The molecule has 0 amide bonds. The number of aliphatic hydroxyl groups is 9. The van der Waals surface area contributed by atoms with Crippen molar-refractivity contribution in [1.29, 1.82) is 0 Å². The Morgan fingerprint density at radius 2 is 1.32 bits per heavy atom. The van der Waals surface area contributed by atoms with Crippen molar-refractivity contribution in [2.24, 2.45) is 0 Å². The average Bonchev–Trinajstić information content (AvgIpc) is 3.70. The minimum absolute atomic E-state index is 0.0929. The van der Waals surface area contributed by atoms with E-state index in [0.29, 0.717) is 5.56 Å². The highest BCUT2D eigenvalue weighted by atomic mass is 16.8. The van der Waals surface area contributed by atoms with E-state index >= 15 is 0 Å². The van der Waals surface area contributed by atoms with Gasteiger partial charge in [0.1, 0.15) is 60.0 Å². The van der Waals surface area contributed by atoms with E-state index in [0.717, 1.165) is 12.1 Å². The molecule has 4 fully saturated rings. The van der Waals surface area contributed by atoms with Crippen LogP contribution in [0, 0.1) is 0 Å². The molecular weight excluding hydrogens is 836 g/mol. The maximum atomic E-state index is 13.4. The zero-order valence-electron chi connectivity index (χ0n) is 33.0. The Labute approximate surface area is 352 Å². The summed E-state index contributed by atoms with van der Waals surface area (Å²) in [5.74, 6) is -2.77. The van der Waals surface area contributed by atoms with Crippen LogP contribution in [0.2, 0.25) is 0 Å². The van der Waals surface area contributed by atoms with E-state index in [1.54, 1.807) is 0 Å². The van der Waals surface area contributed by atoms with E-state index in [9.17, 15) is 71.2 Å². The maximum Gasteiger partial charge on any atom is 0.331 e. The van der Waals surface area contributed by atoms with E-state index in [2.05, 4.69) is 0 Å². The zero-order valence-corrected chi connectivity index (χ0v) is 33.0. The predicted octanol–water partition coefficient (Wildman–Crippen LogP) is -4.09. The summed E-state index contributed by atoms with van der Waals surface area (Å²) in [5, 5.41) is 135. The van der Waals surface area contributed by atoms with Gasteiger partial charge in [0.05, 0.1) is 45.7 Å². The van der Waals surface area contributed by atoms with Crippen LogP contribution in [0.4, 0.5) is 0 Å². The third kappa shape index (κ3) is 10.4. The van der Waals surface area contributed by atoms with Crippen LogP contribution in [0.25, 0.3) is 6.08 Å². The van der Waals surface area contributed by atoms with Gasteiger partial charge in [-0.3, -0.25) is 0 Å². The smallest absolute Gasteiger partial charge is 0.331 e. The van der Waals surface area contributed by atoms with Gasteiger partial charge in [-0.15, -0.1) is 0 Å². The summed E-state index contributed by atoms with van der Waals surface area (Å²) < 4.78 is 51.7. The number of aliphatic hydroxyl groups excluding tert-OH is 7. The van der Waals surface area contributed by atoms with Gasteiger partial charge < -0.3 is 109 Å². The highest BCUT2D eigenvalue weighted by Gasteiger charge is 2.56. The van der Waals surface area contributed by atoms with Crippen molar-refractivity contribution in [2.75, 3.05) is 39.6 Å². The summed E-state index contributed by atoms with van der Waals surface area (Å²) in [6.07, 6.45) is -21.3. The summed E-state index contributed by atoms with van der Waals surface area (Å²) >= 11 is 0. The van der Waals surface area contributed by atoms with Crippen molar-refractivity contribution in [3.05, 3.63) is 53.6 Å². The molecule has 0 aliphatic carbocycles. The van der Waals surface area contributed by atoms with Crippen molar-refractivity contribution in [2.45, 2.75) is 111 Å². The van der Waals surface area contributed by atoms with Gasteiger partial charge in [0, 0.05) is 6.08 Å². The largest absolute Gasteiger partial charge is 0.504 e. The maximum absolute atomic E-state index is 13.4. The quantitative estimate of drug-likeness (QED) is 0.0433. The Hall–Kier alpha value is -3.83. The molecule has 4 aliphatic heterocycles. The third-order valence-corrected chi connectivity index (χ3v) is 10.9. The molecule has 6 rings (SSSR count). The molecule has 0 aromatic heterocycles. The lowest BCUT2D eigenvalue weighted by Gasteiger charge is -2.47. The number of phenolic OH excluding ortho intramolecular Hbond substituents is 4. The van der Waals surface area contributed by atoms with Crippen molar-refractivity contribution in [1.82, 2.24) is 0 Å². The third-order valence-electron chi connectivity index (χ3n) is 10.9. The van der Waals surface area contributed by atoms with E-state index in [1.165, 1.54) is 43.3 Å². The van der Waals surface area contributed by atoms with Gasteiger partial charge in [-0.1, -0.05) is 12.1 Å². The number of hydrogen-bond donors (Lipinski definition) is 13. The first kappa shape index (κ1) is 47.6. The first-order valence-electron chi connectivity index (χ1n) is 19.4. The Morgan fingerprint density at radius 3 is 1.95 bits per heavy atom. The van der Waals surface area contributed by atoms with Gasteiger partial charge in [0.25, 0.3) is 0 Å². The Morgan fingerprint density at radius 1 is 0.710 bits per heavy atom. The summed E-state index contributed by atoms with van der Waals surface area (Å²) in [4.78, 5) is 13.4. The molecule has 62 heavy (non-hydrogen) atoms. The Kier molecular flexibility index (Phi) is 15.3. The molecule has 13 N–H and O–H groups in total. The molecule has 16 atom stereocenters. The predicted molar refractivity (Wildman–Crippen MR) is 200 cm³/mol. The molecule has 0 radical (unpaired) electrons. The van der Waals surface area contributed by atoms with Crippen LogP contribution in [0.1, 0.15) is 18.1 Å². The number of phenols is 4. The molecule has 0 unspecified atom stereocenters. The Balaban J connectivity index is 1.26. The van der Waals surface area contributed by atoms with E-state index in [-0.39, 0.29) is 24.3 Å². The highest BCUT2D eigenvalue weighted by molar-refractivity contribution is 5.87. The number of rotatable bonds is 16. The van der Waals surface area contributed by atoms with Crippen molar-refractivity contribution in [3.63, 3.8) is 0 Å². The van der Waals surface area contributed by atoms with Crippen molar-refractivity contribution >= 4 is 12.0 Å². The fraction of sp³-hybridized carbons (Fsp3) is 0.615. The van der Waals surface area contributed by atoms with Gasteiger partial charge in [-0.05, 0) is 54.8 Å². The number of aromatic hydroxyl groups is 4. The lowest BCUT2D eigenvalue weighted by Crippen LogP contribution is -2.65. The lowest BCUT2D eigenvalue weighted by molar-refractivity contribution is -0.367. The Bertz CT molecular complexity index is 1850. The highest BCUT2D eigenvalue weighted by Crippen LogP contribution is 2.36. The first-order valence-corrected chi connectivity index (χ1v) is 19.4. The molecule has 4 heterocycles. The molecule has 0 spiro atoms. The van der Waals surface area contributed by atoms with Crippen LogP contribution in [0.15, 0.2) is 42.5 Å². The number of carbonyl (C=O) groups is 1. The summed E-state index contributed by atoms with van der Waals surface area (Å²) in [5.41, 5.74) is -3.42. The van der Waals surface area contributed by atoms with Crippen LogP contribution >= 0.6 is 0 Å². The summed E-state index contributed by atoms with van der Waals surface area (Å²) in [6.45, 7) is -2.28. The second kappa shape index (κ2) is 19.9. The fourth-order valence-electron chi connectivity index (χ4n) is 7.11. The number of ether oxygens (including phenoxy) is 9. The SMILES string of the molecule is C[C@H]1O[C@@H](O[C@H]2[C@@H](O)[C@@H](OCCc3ccc(O)c(O)c3)O[C@@H](CO[C@H]3OC[C@@](O)(CO)[C@H]3O)[C@@H]2OC(=O)C=Cc2ccc(O)c(O)c2)[C@H](O)[C@@H](O)[C@H]1O[C@@H]1OC[C@](O)(CO)[C@H]1O. The van der Waals surface area contributed by atoms with Gasteiger partial charge >= 0.3 is 5.97 Å². The molecule has 4 saturated heterocycles. The molecule has 2 aromatic rings. The number of carbonyl (C=O) groups excluding carboxylic acids is 1. The molecule has 23 heteroatoms. The van der Waals surface area contributed by atoms with Gasteiger partial charge in [0.15, 0.2) is 54.3 Å². The van der Waals surface area contributed by atoms with Crippen LogP contribution in [-0.2, 0) is 53.8 Å². The number of hydrogen-bond acceptors (Lipinski definition) is 23. The van der Waals surface area contributed by atoms with Crippen LogP contribution < -0.4 is 0 Å². The molecule has 4 aliphatic rings. The molecule has 23 nitrogen and oxygen atoms in total. The van der Waals surface area contributed by atoms with Crippen LogP contribution in [-0.4, -0.2) is 209 Å². The standard InChI is InChI=1S/C39H52O23/c1-17-29(61-37-33(51)39(53,14-41)16-57-37)26(47)27(48)35(58-17)62-31-28(49)34(54-9-8-19-3-6-21(43)23(45)11-19)59-24(12-55-36-32(50)38(52,13-40)15-56-36)30(31)60-25(46)7-4-18-2-5-20(42)22(44)10-18/h2-7,10-11,17,24,26-37,40-45,47-53H,8-9,12-16H2,1H3/t17-,24+,26-,27-,28-,29+,30+,31+,32+,33+,34+,35+,36+,37+,38+,39-/m1/s1. The van der Waals surface area contributed by atoms with E-state index in [4.69, 9.17) is 42.6 Å². The molecule has 0 saturated carbocycles. The molecular formula is C39H52O23. The minimum atomic E-state index is -2.09. The average molecular weight is 889 g/mol. The van der Waals surface area contributed by atoms with Crippen LogP contribution in [0.3, 0.4) is 0 Å². The first-order chi connectivity index (χ1) is 29.4. The second-order valence-electron chi connectivity index (χ2n) is 15.5. The molecule has 2 aromatic carbocycles. The summed E-state index contributed by atoms with van der Waals surface area (Å²) in [6, 6.07) is 7.72. The van der Waals surface area contributed by atoms with Gasteiger partial charge in [-0.25, -0.2) is 4.79 Å². The van der Waals surface area contributed by atoms with Gasteiger partial charge in [0.2, 0.25) is 0 Å². The lowest BCUT2D eigenvalue weighted by atomic mass is 9.96. The zero-order chi connectivity index (χ0) is 45.1. The van der Waals surface area contributed by atoms with Crippen LogP contribution in [0.5, 0.6) is 23.0 Å². The topological polar surface area (TPSA) is 363 Å². The number of benzene rings is 2. The fourth-order valence-corrected chi connectivity index (χ4v) is 7.11. The van der Waals surface area contributed by atoms with E-state index in [1.807, 2.05) is 0 Å². The van der Waals surface area contributed by atoms with E-state index < -0.39 is 154 Å². The van der Waals surface area contributed by atoms with Crippen molar-refractivity contribution < 1.29 is 114 Å². The molecule has 346 valence electrons.